The molecule has 1 amide bonds. The van der Waals surface area contributed by atoms with Crippen LogP contribution in [-0.4, -0.2) is 38.5 Å². The molecule has 1 fully saturated rings. The lowest BCUT2D eigenvalue weighted by Gasteiger charge is -2.11. The fourth-order valence-electron chi connectivity index (χ4n) is 2.14. The molecule has 2 rings (SSSR count). The minimum absolute atomic E-state index is 0.0623. The molecule has 0 spiro atoms. The van der Waals surface area contributed by atoms with Gasteiger partial charge in [-0.2, -0.15) is 0 Å². The molecule has 1 heterocycles. The van der Waals surface area contributed by atoms with Crippen LogP contribution in [0.4, 0.5) is 15.8 Å². The van der Waals surface area contributed by atoms with Crippen molar-refractivity contribution < 1.29 is 22.3 Å². The van der Waals surface area contributed by atoms with Crippen LogP contribution in [0, 0.1) is 5.82 Å². The van der Waals surface area contributed by atoms with Crippen LogP contribution in [0.15, 0.2) is 18.2 Å². The fourth-order valence-corrected chi connectivity index (χ4v) is 3.56. The standard InChI is InChI=1S/C13H17FN2O4S/c14-9-3-4-11(15)12(6-9)16-13(17)8-21(18,19)7-10-2-1-5-20-10/h3-4,6,10H,1-2,5,7-8,15H2,(H,16,17). The monoisotopic (exact) mass is 316 g/mol. The fraction of sp³-hybridized carbons (Fsp3) is 0.462. The minimum Gasteiger partial charge on any atom is -0.397 e. The van der Waals surface area contributed by atoms with E-state index >= 15 is 0 Å². The Kier molecular flexibility index (Phi) is 4.79. The highest BCUT2D eigenvalue weighted by molar-refractivity contribution is 7.92. The lowest BCUT2D eigenvalue weighted by molar-refractivity contribution is -0.113. The zero-order chi connectivity index (χ0) is 15.5. The average molecular weight is 316 g/mol. The van der Waals surface area contributed by atoms with Crippen LogP contribution >= 0.6 is 0 Å². The number of nitrogens with one attached hydrogen (secondary N) is 1. The van der Waals surface area contributed by atoms with Crippen molar-refractivity contribution >= 4 is 27.1 Å². The number of sulfone groups is 1. The van der Waals surface area contributed by atoms with Gasteiger partial charge in [0.1, 0.15) is 11.6 Å². The van der Waals surface area contributed by atoms with E-state index in [1.165, 1.54) is 6.07 Å². The van der Waals surface area contributed by atoms with Crippen LogP contribution in [0.3, 0.4) is 0 Å². The molecule has 0 bridgehead atoms. The van der Waals surface area contributed by atoms with E-state index in [1.807, 2.05) is 0 Å². The number of carbonyl (C=O) groups is 1. The second-order valence-electron chi connectivity index (χ2n) is 4.97. The maximum Gasteiger partial charge on any atom is 0.239 e. The molecule has 1 unspecified atom stereocenters. The highest BCUT2D eigenvalue weighted by atomic mass is 32.2. The summed E-state index contributed by atoms with van der Waals surface area (Å²) in [4.78, 5) is 11.8. The maximum atomic E-state index is 13.1. The summed E-state index contributed by atoms with van der Waals surface area (Å²) < 4.78 is 42.1. The van der Waals surface area contributed by atoms with Crippen LogP contribution in [0.25, 0.3) is 0 Å². The minimum atomic E-state index is -3.58. The first-order valence-electron chi connectivity index (χ1n) is 6.52. The second kappa shape index (κ2) is 6.40. The number of anilines is 2. The number of hydrogen-bond acceptors (Lipinski definition) is 5. The van der Waals surface area contributed by atoms with Gasteiger partial charge in [-0.1, -0.05) is 0 Å². The summed E-state index contributed by atoms with van der Waals surface area (Å²) in [7, 11) is -3.58. The predicted octanol–water partition coefficient (Wildman–Crippen LogP) is 0.940. The van der Waals surface area contributed by atoms with Crippen molar-refractivity contribution in [1.82, 2.24) is 0 Å². The van der Waals surface area contributed by atoms with Crippen molar-refractivity contribution in [3.63, 3.8) is 0 Å². The molecular formula is C13H17FN2O4S. The molecule has 0 aliphatic carbocycles. The van der Waals surface area contributed by atoms with Gasteiger partial charge in [0.05, 0.1) is 23.2 Å². The Labute approximate surface area is 122 Å². The topological polar surface area (TPSA) is 98.5 Å². The third-order valence-corrected chi connectivity index (χ3v) is 4.69. The Hall–Kier alpha value is -1.67. The SMILES string of the molecule is Nc1ccc(F)cc1NC(=O)CS(=O)(=O)CC1CCCO1. The Morgan fingerprint density at radius 3 is 2.90 bits per heavy atom. The van der Waals surface area contributed by atoms with E-state index in [4.69, 9.17) is 10.5 Å². The molecule has 0 radical (unpaired) electrons. The molecule has 3 N–H and O–H groups in total. The molecule has 116 valence electrons. The highest BCUT2D eigenvalue weighted by Crippen LogP contribution is 2.19. The molecule has 8 heteroatoms. The quantitative estimate of drug-likeness (QED) is 0.788. The maximum absolute atomic E-state index is 13.1. The van der Waals surface area contributed by atoms with Gasteiger partial charge in [-0.25, -0.2) is 12.8 Å². The Morgan fingerprint density at radius 2 is 2.24 bits per heavy atom. The van der Waals surface area contributed by atoms with E-state index < -0.39 is 27.3 Å². The summed E-state index contributed by atoms with van der Waals surface area (Å²) in [5.74, 6) is -2.17. The molecule has 1 atom stereocenters. The summed E-state index contributed by atoms with van der Waals surface area (Å²) in [5.41, 5.74) is 5.81. The third kappa shape index (κ3) is 4.68. The smallest absolute Gasteiger partial charge is 0.239 e. The molecule has 1 aliphatic rings. The van der Waals surface area contributed by atoms with Gasteiger partial charge in [-0.05, 0) is 31.0 Å². The van der Waals surface area contributed by atoms with Gasteiger partial charge in [0.25, 0.3) is 0 Å². The molecular weight excluding hydrogens is 299 g/mol. The number of hydrogen-bond donors (Lipinski definition) is 2. The van der Waals surface area contributed by atoms with E-state index in [2.05, 4.69) is 5.32 Å². The van der Waals surface area contributed by atoms with Gasteiger partial charge in [0.15, 0.2) is 9.84 Å². The summed E-state index contributed by atoms with van der Waals surface area (Å²) in [6.07, 6.45) is 1.16. The molecule has 1 aliphatic heterocycles. The molecule has 0 saturated carbocycles. The summed E-state index contributed by atoms with van der Waals surface area (Å²) in [6, 6.07) is 3.49. The Bertz CT molecular complexity index is 627. The summed E-state index contributed by atoms with van der Waals surface area (Å²) in [6.45, 7) is 0.548. The van der Waals surface area contributed by atoms with Crippen LogP contribution in [0.1, 0.15) is 12.8 Å². The number of ether oxygens (including phenoxy) is 1. The van der Waals surface area contributed by atoms with Gasteiger partial charge in [-0.3, -0.25) is 4.79 Å². The number of rotatable bonds is 5. The van der Waals surface area contributed by atoms with E-state index in [0.29, 0.717) is 13.0 Å². The number of nitrogens with two attached hydrogens (primary N) is 1. The number of halogens is 1. The molecule has 1 aromatic rings. The molecule has 1 aromatic carbocycles. The largest absolute Gasteiger partial charge is 0.397 e. The Balaban J connectivity index is 1.95. The summed E-state index contributed by atoms with van der Waals surface area (Å²) >= 11 is 0. The Morgan fingerprint density at radius 1 is 1.48 bits per heavy atom. The van der Waals surface area contributed by atoms with Gasteiger partial charge in [-0.15, -0.1) is 0 Å². The first-order chi connectivity index (χ1) is 9.85. The van der Waals surface area contributed by atoms with Crippen LogP contribution in [-0.2, 0) is 19.4 Å². The summed E-state index contributed by atoms with van der Waals surface area (Å²) in [5, 5.41) is 2.31. The lowest BCUT2D eigenvalue weighted by Crippen LogP contribution is -2.29. The predicted molar refractivity (Wildman–Crippen MR) is 77.1 cm³/mol. The van der Waals surface area contributed by atoms with Crippen molar-refractivity contribution in [2.45, 2.75) is 18.9 Å². The van der Waals surface area contributed by atoms with E-state index in [9.17, 15) is 17.6 Å². The van der Waals surface area contributed by atoms with Crippen molar-refractivity contribution in [1.29, 1.82) is 0 Å². The zero-order valence-electron chi connectivity index (χ0n) is 11.3. The average Bonchev–Trinajstić information content (AvgIpc) is 2.84. The first-order valence-corrected chi connectivity index (χ1v) is 8.35. The van der Waals surface area contributed by atoms with Crippen LogP contribution in [0.2, 0.25) is 0 Å². The van der Waals surface area contributed by atoms with Gasteiger partial charge < -0.3 is 15.8 Å². The lowest BCUT2D eigenvalue weighted by atomic mass is 10.2. The normalized spacial score (nSPS) is 18.6. The van der Waals surface area contributed by atoms with Crippen molar-refractivity contribution in [3.05, 3.63) is 24.0 Å². The van der Waals surface area contributed by atoms with Crippen molar-refractivity contribution in [2.75, 3.05) is 29.2 Å². The zero-order valence-corrected chi connectivity index (χ0v) is 12.2. The van der Waals surface area contributed by atoms with E-state index in [-0.39, 0.29) is 23.2 Å². The first kappa shape index (κ1) is 15.7. The molecule has 1 saturated heterocycles. The number of benzene rings is 1. The van der Waals surface area contributed by atoms with Crippen LogP contribution < -0.4 is 11.1 Å². The van der Waals surface area contributed by atoms with Gasteiger partial charge in [0.2, 0.25) is 5.91 Å². The van der Waals surface area contributed by atoms with Gasteiger partial charge in [0, 0.05) is 6.61 Å². The molecule has 21 heavy (non-hydrogen) atoms. The number of amides is 1. The van der Waals surface area contributed by atoms with Crippen LogP contribution in [0.5, 0.6) is 0 Å². The van der Waals surface area contributed by atoms with Crippen molar-refractivity contribution in [2.24, 2.45) is 0 Å². The molecule has 0 aromatic heterocycles. The second-order valence-corrected chi connectivity index (χ2v) is 7.08. The number of nitrogen functional groups attached to an aromatic ring is 1. The highest BCUT2D eigenvalue weighted by Gasteiger charge is 2.25. The van der Waals surface area contributed by atoms with E-state index in [1.54, 1.807) is 0 Å². The number of carbonyl (C=O) groups excluding carboxylic acids is 1. The third-order valence-electron chi connectivity index (χ3n) is 3.10. The van der Waals surface area contributed by atoms with E-state index in [0.717, 1.165) is 18.6 Å². The van der Waals surface area contributed by atoms with Crippen molar-refractivity contribution in [3.8, 4) is 0 Å². The van der Waals surface area contributed by atoms with Gasteiger partial charge >= 0.3 is 0 Å². The molecule has 6 nitrogen and oxygen atoms in total.